The van der Waals surface area contributed by atoms with E-state index >= 15 is 0 Å². The molecule has 0 aliphatic carbocycles. The molecule has 2 aromatic rings. The molecule has 1 aliphatic rings. The quantitative estimate of drug-likeness (QED) is 0.774. The van der Waals surface area contributed by atoms with Gasteiger partial charge >= 0.3 is 0 Å². The molecule has 2 N–H and O–H groups in total. The Morgan fingerprint density at radius 2 is 1.89 bits per heavy atom. The Balaban J connectivity index is 1.59. The third-order valence-corrected chi connectivity index (χ3v) is 4.90. The summed E-state index contributed by atoms with van der Waals surface area (Å²) in [7, 11) is 1.63. The summed E-state index contributed by atoms with van der Waals surface area (Å²) in [6, 6.07) is 15.2. The molecule has 2 amide bonds. The molecule has 3 rings (SSSR count). The highest BCUT2D eigenvalue weighted by Crippen LogP contribution is 2.27. The van der Waals surface area contributed by atoms with E-state index in [1.165, 1.54) is 0 Å². The summed E-state index contributed by atoms with van der Waals surface area (Å²) in [5, 5.41) is 6.31. The summed E-state index contributed by atoms with van der Waals surface area (Å²) in [5.41, 5.74) is 2.54. The van der Waals surface area contributed by atoms with Gasteiger partial charge in [-0.3, -0.25) is 9.59 Å². The number of rotatable bonds is 7. The van der Waals surface area contributed by atoms with E-state index in [1.807, 2.05) is 56.3 Å². The molecule has 148 valence electrons. The SMILES string of the molecule is COc1ccc(CCNC(=O)CN2C(=O)c3ccccc3NC2C(C)C)cc1. The van der Waals surface area contributed by atoms with Crippen LogP contribution >= 0.6 is 0 Å². The van der Waals surface area contributed by atoms with Crippen molar-refractivity contribution < 1.29 is 14.3 Å². The number of methoxy groups -OCH3 is 1. The van der Waals surface area contributed by atoms with E-state index in [0.717, 1.165) is 23.4 Å². The van der Waals surface area contributed by atoms with Gasteiger partial charge in [0.1, 0.15) is 18.5 Å². The normalized spacial score (nSPS) is 15.8. The van der Waals surface area contributed by atoms with Gasteiger partial charge in [0.2, 0.25) is 5.91 Å². The summed E-state index contributed by atoms with van der Waals surface area (Å²) in [6.45, 7) is 4.62. The number of para-hydroxylation sites is 1. The van der Waals surface area contributed by atoms with Gasteiger partial charge < -0.3 is 20.3 Å². The van der Waals surface area contributed by atoms with E-state index in [9.17, 15) is 9.59 Å². The number of hydrogen-bond acceptors (Lipinski definition) is 4. The molecule has 1 heterocycles. The van der Waals surface area contributed by atoms with E-state index in [-0.39, 0.29) is 30.4 Å². The number of hydrogen-bond donors (Lipinski definition) is 2. The lowest BCUT2D eigenvalue weighted by atomic mass is 10.0. The number of carbonyl (C=O) groups is 2. The molecule has 0 spiro atoms. The van der Waals surface area contributed by atoms with Crippen LogP contribution in [-0.2, 0) is 11.2 Å². The zero-order valence-electron chi connectivity index (χ0n) is 16.6. The van der Waals surface area contributed by atoms with Gasteiger partial charge in [-0.25, -0.2) is 0 Å². The molecule has 1 aliphatic heterocycles. The maximum atomic E-state index is 12.9. The summed E-state index contributed by atoms with van der Waals surface area (Å²) in [4.78, 5) is 27.0. The molecule has 0 aromatic heterocycles. The number of nitrogens with zero attached hydrogens (tertiary/aromatic N) is 1. The predicted octanol–water partition coefficient (Wildman–Crippen LogP) is 2.90. The van der Waals surface area contributed by atoms with E-state index in [4.69, 9.17) is 4.74 Å². The number of carbonyl (C=O) groups excluding carboxylic acids is 2. The second-order valence-electron chi connectivity index (χ2n) is 7.26. The van der Waals surface area contributed by atoms with Crippen molar-refractivity contribution >= 4 is 17.5 Å². The molecule has 6 nitrogen and oxygen atoms in total. The first kappa shape index (κ1) is 19.7. The third-order valence-electron chi connectivity index (χ3n) is 4.90. The van der Waals surface area contributed by atoms with Crippen LogP contribution in [-0.4, -0.2) is 43.1 Å². The van der Waals surface area contributed by atoms with Crippen molar-refractivity contribution in [3.63, 3.8) is 0 Å². The van der Waals surface area contributed by atoms with E-state index in [1.54, 1.807) is 18.1 Å². The zero-order chi connectivity index (χ0) is 20.1. The fourth-order valence-electron chi connectivity index (χ4n) is 3.36. The highest BCUT2D eigenvalue weighted by molar-refractivity contribution is 6.03. The summed E-state index contributed by atoms with van der Waals surface area (Å²) < 4.78 is 5.15. The predicted molar refractivity (Wildman–Crippen MR) is 109 cm³/mol. The second-order valence-corrected chi connectivity index (χ2v) is 7.26. The van der Waals surface area contributed by atoms with Crippen molar-refractivity contribution in [1.82, 2.24) is 10.2 Å². The molecule has 1 unspecified atom stereocenters. The van der Waals surface area contributed by atoms with Gasteiger partial charge in [-0.05, 0) is 42.2 Å². The van der Waals surface area contributed by atoms with Crippen molar-refractivity contribution in [3.05, 3.63) is 59.7 Å². The van der Waals surface area contributed by atoms with Crippen LogP contribution < -0.4 is 15.4 Å². The van der Waals surface area contributed by atoms with Crippen LogP contribution in [0.3, 0.4) is 0 Å². The van der Waals surface area contributed by atoms with Crippen molar-refractivity contribution in [2.75, 3.05) is 25.5 Å². The van der Waals surface area contributed by atoms with Gasteiger partial charge in [-0.1, -0.05) is 38.1 Å². The largest absolute Gasteiger partial charge is 0.497 e. The van der Waals surface area contributed by atoms with Gasteiger partial charge in [0.15, 0.2) is 0 Å². The lowest BCUT2D eigenvalue weighted by Crippen LogP contribution is -2.54. The minimum atomic E-state index is -0.213. The Kier molecular flexibility index (Phi) is 6.19. The van der Waals surface area contributed by atoms with Crippen LogP contribution in [0.4, 0.5) is 5.69 Å². The number of nitrogens with one attached hydrogen (secondary N) is 2. The lowest BCUT2D eigenvalue weighted by molar-refractivity contribution is -0.122. The summed E-state index contributed by atoms with van der Waals surface area (Å²) >= 11 is 0. The number of benzene rings is 2. The first-order chi connectivity index (χ1) is 13.5. The minimum Gasteiger partial charge on any atom is -0.497 e. The molecule has 0 saturated carbocycles. The van der Waals surface area contributed by atoms with Gasteiger partial charge in [-0.15, -0.1) is 0 Å². The van der Waals surface area contributed by atoms with Crippen LogP contribution in [0, 0.1) is 5.92 Å². The van der Waals surface area contributed by atoms with Crippen molar-refractivity contribution in [1.29, 1.82) is 0 Å². The molecule has 2 aromatic carbocycles. The second kappa shape index (κ2) is 8.78. The zero-order valence-corrected chi connectivity index (χ0v) is 16.6. The molecular formula is C22H27N3O3. The first-order valence-corrected chi connectivity index (χ1v) is 9.55. The van der Waals surface area contributed by atoms with Gasteiger partial charge in [-0.2, -0.15) is 0 Å². The van der Waals surface area contributed by atoms with Gasteiger partial charge in [0.05, 0.1) is 12.7 Å². The monoisotopic (exact) mass is 381 g/mol. The standard InChI is InChI=1S/C22H27N3O3/c1-15(2)21-24-19-7-5-4-6-18(19)22(27)25(21)14-20(26)23-13-12-16-8-10-17(28-3)11-9-16/h4-11,15,21,24H,12-14H2,1-3H3,(H,23,26). The average Bonchev–Trinajstić information content (AvgIpc) is 2.70. The molecule has 0 fully saturated rings. The Bertz CT molecular complexity index is 833. The van der Waals surface area contributed by atoms with Crippen LogP contribution in [0.25, 0.3) is 0 Å². The number of ether oxygens (including phenoxy) is 1. The Morgan fingerprint density at radius 3 is 2.57 bits per heavy atom. The number of fused-ring (bicyclic) bond motifs is 1. The molecule has 1 atom stereocenters. The average molecular weight is 381 g/mol. The summed E-state index contributed by atoms with van der Waals surface area (Å²) in [6.07, 6.45) is 0.507. The highest BCUT2D eigenvalue weighted by atomic mass is 16.5. The maximum absolute atomic E-state index is 12.9. The van der Waals surface area contributed by atoms with Gasteiger partial charge in [0.25, 0.3) is 5.91 Å². The molecule has 0 bridgehead atoms. The van der Waals surface area contributed by atoms with Crippen LogP contribution in [0.2, 0.25) is 0 Å². The van der Waals surface area contributed by atoms with E-state index in [0.29, 0.717) is 12.1 Å². The molecule has 6 heteroatoms. The van der Waals surface area contributed by atoms with Crippen LogP contribution in [0.15, 0.2) is 48.5 Å². The Hall–Kier alpha value is -3.02. The fourth-order valence-corrected chi connectivity index (χ4v) is 3.36. The van der Waals surface area contributed by atoms with Crippen LogP contribution in [0.5, 0.6) is 5.75 Å². The lowest BCUT2D eigenvalue weighted by Gasteiger charge is -2.39. The topological polar surface area (TPSA) is 70.7 Å². The van der Waals surface area contributed by atoms with Crippen LogP contribution in [0.1, 0.15) is 29.8 Å². The van der Waals surface area contributed by atoms with E-state index < -0.39 is 0 Å². The minimum absolute atomic E-state index is 0.0334. The molecule has 28 heavy (non-hydrogen) atoms. The first-order valence-electron chi connectivity index (χ1n) is 9.55. The van der Waals surface area contributed by atoms with E-state index in [2.05, 4.69) is 10.6 Å². The molecular weight excluding hydrogens is 354 g/mol. The fraction of sp³-hybridized carbons (Fsp3) is 0.364. The maximum Gasteiger partial charge on any atom is 0.258 e. The van der Waals surface area contributed by atoms with Gasteiger partial charge in [0, 0.05) is 12.2 Å². The van der Waals surface area contributed by atoms with Crippen molar-refractivity contribution in [2.45, 2.75) is 26.4 Å². The Morgan fingerprint density at radius 1 is 1.18 bits per heavy atom. The third kappa shape index (κ3) is 4.44. The number of amides is 2. The highest BCUT2D eigenvalue weighted by Gasteiger charge is 2.34. The van der Waals surface area contributed by atoms with Crippen molar-refractivity contribution in [3.8, 4) is 5.75 Å². The molecule has 0 saturated heterocycles. The number of anilines is 1. The molecule has 0 radical (unpaired) electrons. The Labute approximate surface area is 165 Å². The smallest absolute Gasteiger partial charge is 0.258 e. The summed E-state index contributed by atoms with van der Waals surface area (Å²) in [5.74, 6) is 0.709. The van der Waals surface area contributed by atoms with Crippen molar-refractivity contribution in [2.24, 2.45) is 5.92 Å².